The molecule has 0 saturated heterocycles. The van der Waals surface area contributed by atoms with Gasteiger partial charge in [0, 0.05) is 6.54 Å². The molecule has 0 saturated carbocycles. The van der Waals surface area contributed by atoms with E-state index in [1.165, 1.54) is 0 Å². The van der Waals surface area contributed by atoms with Crippen molar-refractivity contribution in [1.82, 2.24) is 4.98 Å². The highest BCUT2D eigenvalue weighted by Gasteiger charge is 2.32. The maximum Gasteiger partial charge on any atom is 0.322 e. The number of nitrogens with one attached hydrogen (secondary N) is 1. The first kappa shape index (κ1) is 19.0. The van der Waals surface area contributed by atoms with Crippen LogP contribution in [0.15, 0.2) is 0 Å². The zero-order chi connectivity index (χ0) is 15.5. The summed E-state index contributed by atoms with van der Waals surface area (Å²) in [7, 11) is -5.04. The molecule has 0 aromatic rings. The Kier molecular flexibility index (Phi) is 6.68. The molecular formula is C12H31NO3Si3. The van der Waals surface area contributed by atoms with Crippen molar-refractivity contribution in [2.45, 2.75) is 65.0 Å². The van der Waals surface area contributed by atoms with E-state index in [1.807, 2.05) is 19.6 Å². The predicted octanol–water partition coefficient (Wildman–Crippen LogP) is 3.01. The maximum absolute atomic E-state index is 12.2. The van der Waals surface area contributed by atoms with E-state index >= 15 is 0 Å². The van der Waals surface area contributed by atoms with Gasteiger partial charge >= 0.3 is 5.97 Å². The van der Waals surface area contributed by atoms with Gasteiger partial charge in [-0.3, -0.25) is 4.79 Å². The summed E-state index contributed by atoms with van der Waals surface area (Å²) < 4.78 is 11.6. The van der Waals surface area contributed by atoms with Gasteiger partial charge in [-0.1, -0.05) is 19.6 Å². The molecule has 0 aliphatic carbocycles. The van der Waals surface area contributed by atoms with Crippen LogP contribution in [0.4, 0.5) is 0 Å². The third-order valence-corrected chi connectivity index (χ3v) is 5.05. The summed E-state index contributed by atoms with van der Waals surface area (Å²) in [6.45, 7) is 19.5. The molecule has 0 aromatic heterocycles. The lowest BCUT2D eigenvalue weighted by Crippen LogP contribution is -2.51. The first-order chi connectivity index (χ1) is 8.20. The van der Waals surface area contributed by atoms with Crippen LogP contribution in [-0.2, 0) is 13.6 Å². The van der Waals surface area contributed by atoms with Crippen molar-refractivity contribution in [2.75, 3.05) is 6.54 Å². The van der Waals surface area contributed by atoms with E-state index in [0.717, 1.165) is 0 Å². The van der Waals surface area contributed by atoms with Crippen molar-refractivity contribution < 1.29 is 13.6 Å². The normalized spacial score (nSPS) is 15.2. The molecule has 0 bridgehead atoms. The summed E-state index contributed by atoms with van der Waals surface area (Å²) in [6.07, 6.45) is -0.467. The lowest BCUT2D eigenvalue weighted by molar-refractivity contribution is -0.143. The molecule has 0 radical (unpaired) electrons. The quantitative estimate of drug-likeness (QED) is 0.732. The van der Waals surface area contributed by atoms with Crippen LogP contribution in [0.2, 0.25) is 58.9 Å². The average Bonchev–Trinajstić information content (AvgIpc) is 2.05. The molecule has 0 aliphatic rings. The molecule has 0 spiro atoms. The topological polar surface area (TPSA) is 47.6 Å². The van der Waals surface area contributed by atoms with E-state index in [0.29, 0.717) is 6.54 Å². The van der Waals surface area contributed by atoms with Gasteiger partial charge < -0.3 is 13.8 Å². The Morgan fingerprint density at radius 3 is 1.74 bits per heavy atom. The lowest BCUT2D eigenvalue weighted by Gasteiger charge is -2.30. The van der Waals surface area contributed by atoms with E-state index in [1.54, 1.807) is 0 Å². The zero-order valence-corrected chi connectivity index (χ0v) is 17.0. The van der Waals surface area contributed by atoms with Crippen molar-refractivity contribution in [3.63, 3.8) is 0 Å². The number of rotatable bonds is 7. The summed E-state index contributed by atoms with van der Waals surface area (Å²) in [5, 5.41) is 0. The molecule has 19 heavy (non-hydrogen) atoms. The molecule has 1 atom stereocenters. The van der Waals surface area contributed by atoms with Gasteiger partial charge in [0.05, 0.1) is 0 Å². The summed E-state index contributed by atoms with van der Waals surface area (Å²) >= 11 is 0. The standard InChI is InChI=1S/C12H31NO3Si3/c1-17(2,3)13-10-11(15-18(4,5)6)12(14)16-19(7,8)9/h11,13H,10H2,1-9H3. The Labute approximate surface area is 121 Å². The largest absolute Gasteiger partial charge is 0.518 e. The molecule has 0 rings (SSSR count). The van der Waals surface area contributed by atoms with Gasteiger partial charge in [0.1, 0.15) is 8.24 Å². The molecule has 4 nitrogen and oxygen atoms in total. The smallest absolute Gasteiger partial charge is 0.322 e. The summed E-state index contributed by atoms with van der Waals surface area (Å²) in [4.78, 5) is 15.7. The zero-order valence-electron chi connectivity index (χ0n) is 14.0. The van der Waals surface area contributed by atoms with Crippen molar-refractivity contribution in [3.05, 3.63) is 0 Å². The van der Waals surface area contributed by atoms with Crippen LogP contribution < -0.4 is 4.98 Å². The summed E-state index contributed by atoms with van der Waals surface area (Å²) in [6, 6.07) is 0. The highest BCUT2D eigenvalue weighted by Crippen LogP contribution is 2.12. The highest BCUT2D eigenvalue weighted by atomic mass is 28.4. The van der Waals surface area contributed by atoms with Gasteiger partial charge in [-0.25, -0.2) is 0 Å². The van der Waals surface area contributed by atoms with Crippen LogP contribution in [0.25, 0.3) is 0 Å². The second kappa shape index (κ2) is 6.66. The predicted molar refractivity (Wildman–Crippen MR) is 89.0 cm³/mol. The molecule has 7 heteroatoms. The monoisotopic (exact) mass is 321 g/mol. The van der Waals surface area contributed by atoms with Gasteiger partial charge in [0.15, 0.2) is 14.4 Å². The Hall–Kier alpha value is 0.0406. The summed E-state index contributed by atoms with van der Waals surface area (Å²) in [5.41, 5.74) is 0. The molecule has 0 fully saturated rings. The molecule has 1 unspecified atom stereocenters. The number of hydrogen-bond acceptors (Lipinski definition) is 4. The molecule has 114 valence electrons. The number of hydrogen-bond donors (Lipinski definition) is 1. The Bertz CT molecular complexity index is 303. The van der Waals surface area contributed by atoms with Crippen LogP contribution in [0.5, 0.6) is 0 Å². The molecule has 0 aliphatic heterocycles. The third-order valence-electron chi connectivity index (χ3n) is 1.98. The number of carbonyl (C=O) groups excluding carboxylic acids is 1. The van der Waals surface area contributed by atoms with E-state index in [4.69, 9.17) is 8.85 Å². The Morgan fingerprint density at radius 1 is 0.947 bits per heavy atom. The molecule has 1 N–H and O–H groups in total. The van der Waals surface area contributed by atoms with Gasteiger partial charge in [-0.05, 0) is 39.3 Å². The fraction of sp³-hybridized carbons (Fsp3) is 0.917. The fourth-order valence-corrected chi connectivity index (χ4v) is 3.93. The number of carbonyl (C=O) groups is 1. The first-order valence-electron chi connectivity index (χ1n) is 6.85. The van der Waals surface area contributed by atoms with E-state index < -0.39 is 31.0 Å². The van der Waals surface area contributed by atoms with Crippen LogP contribution in [0.1, 0.15) is 0 Å². The van der Waals surface area contributed by atoms with Gasteiger partial charge in [0.2, 0.25) is 8.32 Å². The lowest BCUT2D eigenvalue weighted by atomic mass is 10.4. The second-order valence-electron chi connectivity index (χ2n) is 7.88. The minimum absolute atomic E-state index is 0.202. The van der Waals surface area contributed by atoms with Crippen LogP contribution in [0, 0.1) is 0 Å². The first-order valence-corrected chi connectivity index (χ1v) is 17.2. The minimum atomic E-state index is -1.86. The van der Waals surface area contributed by atoms with Crippen molar-refractivity contribution in [1.29, 1.82) is 0 Å². The van der Waals surface area contributed by atoms with Crippen molar-refractivity contribution in [2.24, 2.45) is 0 Å². The van der Waals surface area contributed by atoms with Gasteiger partial charge in [-0.15, -0.1) is 0 Å². The Morgan fingerprint density at radius 2 is 1.42 bits per heavy atom. The van der Waals surface area contributed by atoms with E-state index in [9.17, 15) is 4.79 Å². The van der Waals surface area contributed by atoms with E-state index in [2.05, 4.69) is 44.3 Å². The van der Waals surface area contributed by atoms with Crippen LogP contribution >= 0.6 is 0 Å². The van der Waals surface area contributed by atoms with Crippen LogP contribution in [-0.4, -0.2) is 43.5 Å². The SMILES string of the molecule is C[Si](C)(C)NCC(O[Si](C)(C)C)C(=O)O[Si](C)(C)C. The molecular weight excluding hydrogens is 290 g/mol. The van der Waals surface area contributed by atoms with Crippen molar-refractivity contribution in [3.8, 4) is 0 Å². The molecule has 0 heterocycles. The fourth-order valence-electron chi connectivity index (χ4n) is 1.37. The minimum Gasteiger partial charge on any atom is -0.518 e. The second-order valence-corrected chi connectivity index (χ2v) is 21.6. The van der Waals surface area contributed by atoms with Gasteiger partial charge in [0.25, 0.3) is 0 Å². The molecule has 0 aromatic carbocycles. The third kappa shape index (κ3) is 11.6. The highest BCUT2D eigenvalue weighted by molar-refractivity contribution is 6.73. The Balaban J connectivity index is 4.72. The maximum atomic E-state index is 12.2. The van der Waals surface area contributed by atoms with E-state index in [-0.39, 0.29) is 5.97 Å². The van der Waals surface area contributed by atoms with Crippen LogP contribution in [0.3, 0.4) is 0 Å². The average molecular weight is 322 g/mol. The molecule has 0 amide bonds. The summed E-state index contributed by atoms with van der Waals surface area (Å²) in [5.74, 6) is -0.202. The van der Waals surface area contributed by atoms with Gasteiger partial charge in [-0.2, -0.15) is 0 Å². The van der Waals surface area contributed by atoms with Crippen molar-refractivity contribution >= 4 is 30.8 Å².